The number of aldehydes is 1. The molecule has 96 valence electrons. The molecule has 0 bridgehead atoms. The van der Waals surface area contributed by atoms with E-state index >= 15 is 0 Å². The summed E-state index contributed by atoms with van der Waals surface area (Å²) < 4.78 is 0. The molecule has 0 aromatic rings. The Morgan fingerprint density at radius 3 is 2.24 bits per heavy atom. The van der Waals surface area contributed by atoms with Gasteiger partial charge in [-0.3, -0.25) is 4.79 Å². The summed E-state index contributed by atoms with van der Waals surface area (Å²) in [5.41, 5.74) is 0. The van der Waals surface area contributed by atoms with Crippen molar-refractivity contribution in [3.05, 3.63) is 11.7 Å². The molecule has 1 atom stereocenters. The van der Waals surface area contributed by atoms with Gasteiger partial charge in [-0.1, -0.05) is 31.7 Å². The smallest absolute Gasteiger partial charge is 0.654 e. The topological polar surface area (TPSA) is 68.5 Å². The Morgan fingerprint density at radius 2 is 1.94 bits per heavy atom. The van der Waals surface area contributed by atoms with Gasteiger partial charge in [-0.05, 0) is 0 Å². The maximum atomic E-state index is 10.3. The van der Waals surface area contributed by atoms with Crippen molar-refractivity contribution in [1.29, 1.82) is 0 Å². The van der Waals surface area contributed by atoms with Gasteiger partial charge < -0.3 is 21.6 Å². The average molecular weight is 409 g/mol. The summed E-state index contributed by atoms with van der Waals surface area (Å²) in [5.74, 6) is -0.682. The summed E-state index contributed by atoms with van der Waals surface area (Å²) in [7, 11) is 0. The van der Waals surface area contributed by atoms with Crippen LogP contribution >= 0.6 is 0 Å². The third kappa shape index (κ3) is 6.95. The van der Waals surface area contributed by atoms with Gasteiger partial charge >= 0.3 is 27.0 Å². The van der Waals surface area contributed by atoms with Gasteiger partial charge in [0.25, 0.3) is 0 Å². The molecule has 1 aliphatic heterocycles. The summed E-state index contributed by atoms with van der Waals surface area (Å²) in [4.78, 5) is 20.3. The number of carboxylic acid groups (broad SMARTS) is 1. The number of carbonyl (C=O) groups is 2. The second kappa shape index (κ2) is 9.78. The summed E-state index contributed by atoms with van der Waals surface area (Å²) in [5, 5.41) is 12.5. The molecule has 1 aliphatic carbocycles. The van der Waals surface area contributed by atoms with E-state index in [9.17, 15) is 9.59 Å². The first-order valence-electron chi connectivity index (χ1n) is 5.90. The quantitative estimate of drug-likeness (QED) is 0.562. The second-order valence-electron chi connectivity index (χ2n) is 4.23. The predicted molar refractivity (Wildman–Crippen MR) is 61.2 cm³/mol. The van der Waals surface area contributed by atoms with E-state index in [0.717, 1.165) is 51.4 Å². The van der Waals surface area contributed by atoms with Gasteiger partial charge in [-0.25, -0.2) is 0 Å². The number of aliphatic carboxylic acids is 1. The Kier molecular flexibility index (Phi) is 9.66. The molecule has 2 aliphatic rings. The first-order chi connectivity index (χ1) is 7.74. The molecule has 0 radical (unpaired) electrons. The Balaban J connectivity index is 0.000000292. The number of nitrogens with zero attached hydrogens (tertiary/aromatic N) is 1. The predicted octanol–water partition coefficient (Wildman–Crippen LogP) is 2.18. The van der Waals surface area contributed by atoms with Crippen molar-refractivity contribution in [1.82, 2.24) is 0 Å². The Bertz CT molecular complexity index is 224. The standard InChI is InChI=1S/C7H11O2.C5H8NO.W/c8-7(9)6-4-2-1-3-5-6;7-4-5-2-1-3-6-5;/h1,6H,2-5H2,(H,8,9);4-5H,1-3H2;/q2*-1;+2/t;5-;/m.0./s1. The second-order valence-corrected chi connectivity index (χ2v) is 4.23. The van der Waals surface area contributed by atoms with Crippen LogP contribution in [0.15, 0.2) is 0 Å². The van der Waals surface area contributed by atoms with Gasteiger partial charge in [0.1, 0.15) is 6.29 Å². The fourth-order valence-corrected chi connectivity index (χ4v) is 1.93. The summed E-state index contributed by atoms with van der Waals surface area (Å²) in [6.07, 6.45) is 8.82. The Labute approximate surface area is 117 Å². The number of hydrogen-bond donors (Lipinski definition) is 1. The third-order valence-electron chi connectivity index (χ3n) is 2.97. The Hall–Kier alpha value is -0.212. The van der Waals surface area contributed by atoms with Crippen LogP contribution < -0.4 is 0 Å². The number of carbonyl (C=O) groups excluding carboxylic acids is 1. The first kappa shape index (κ1) is 16.8. The van der Waals surface area contributed by atoms with Crippen LogP contribution in [0.25, 0.3) is 5.32 Å². The average Bonchev–Trinajstić information content (AvgIpc) is 2.84. The van der Waals surface area contributed by atoms with Crippen molar-refractivity contribution >= 4 is 12.3 Å². The minimum absolute atomic E-state index is 0. The largest absolute Gasteiger partial charge is 2.00 e. The minimum atomic E-state index is -0.622. The van der Waals surface area contributed by atoms with Crippen LogP contribution in [0.1, 0.15) is 38.5 Å². The number of carboxylic acids is 1. The molecule has 0 aromatic carbocycles. The molecule has 0 aromatic heterocycles. The van der Waals surface area contributed by atoms with Gasteiger partial charge in [0.15, 0.2) is 0 Å². The zero-order valence-electron chi connectivity index (χ0n) is 9.88. The molecule has 5 heteroatoms. The first-order valence-corrected chi connectivity index (χ1v) is 5.90. The molecule has 2 fully saturated rings. The van der Waals surface area contributed by atoms with E-state index < -0.39 is 5.97 Å². The van der Waals surface area contributed by atoms with Crippen LogP contribution in [0.2, 0.25) is 0 Å². The van der Waals surface area contributed by atoms with Gasteiger partial charge in [0, 0.05) is 0 Å². The maximum Gasteiger partial charge on any atom is 2.00 e. The molecular formula is C12H19NO3W. The maximum absolute atomic E-state index is 10.3. The van der Waals surface area contributed by atoms with Crippen LogP contribution in [0, 0.1) is 12.3 Å². The van der Waals surface area contributed by atoms with Crippen LogP contribution in [0.3, 0.4) is 0 Å². The molecule has 0 unspecified atom stereocenters. The summed E-state index contributed by atoms with van der Waals surface area (Å²) >= 11 is 0. The van der Waals surface area contributed by atoms with Crippen molar-refractivity contribution < 1.29 is 35.8 Å². The minimum Gasteiger partial charge on any atom is -0.654 e. The molecular weight excluding hydrogens is 390 g/mol. The molecule has 17 heavy (non-hydrogen) atoms. The van der Waals surface area contributed by atoms with Crippen molar-refractivity contribution in [2.24, 2.45) is 5.92 Å². The van der Waals surface area contributed by atoms with Crippen LogP contribution in [0.4, 0.5) is 0 Å². The van der Waals surface area contributed by atoms with Gasteiger partial charge in [-0.15, -0.1) is 6.54 Å². The van der Waals surface area contributed by atoms with Crippen LogP contribution in [0.5, 0.6) is 0 Å². The van der Waals surface area contributed by atoms with E-state index in [2.05, 4.69) is 11.7 Å². The molecule has 1 heterocycles. The normalized spacial score (nSPS) is 24.1. The van der Waals surface area contributed by atoms with Crippen molar-refractivity contribution in [2.45, 2.75) is 44.6 Å². The zero-order chi connectivity index (χ0) is 11.8. The van der Waals surface area contributed by atoms with Gasteiger partial charge in [0.05, 0.1) is 5.92 Å². The van der Waals surface area contributed by atoms with Crippen LogP contribution in [-0.2, 0) is 30.7 Å². The van der Waals surface area contributed by atoms with Gasteiger partial charge in [0.2, 0.25) is 0 Å². The molecule has 1 saturated heterocycles. The molecule has 1 saturated carbocycles. The molecule has 1 N–H and O–H groups in total. The SMILES string of the molecule is O=C(O)C1CC[CH-]CC1.O=C[C@@H]1CCC[N-]1.[W+2]. The summed E-state index contributed by atoms with van der Waals surface area (Å²) in [6, 6.07) is 0.0417. The van der Waals surface area contributed by atoms with E-state index in [4.69, 9.17) is 5.11 Å². The van der Waals surface area contributed by atoms with Crippen molar-refractivity contribution in [2.75, 3.05) is 6.54 Å². The summed E-state index contributed by atoms with van der Waals surface area (Å²) in [6.45, 7) is 0.892. The fraction of sp³-hybridized carbons (Fsp3) is 0.750. The van der Waals surface area contributed by atoms with E-state index in [1.807, 2.05) is 0 Å². The molecule has 4 nitrogen and oxygen atoms in total. The molecule has 0 spiro atoms. The van der Waals surface area contributed by atoms with Crippen LogP contribution in [-0.4, -0.2) is 29.9 Å². The monoisotopic (exact) mass is 409 g/mol. The number of rotatable bonds is 2. The van der Waals surface area contributed by atoms with Gasteiger partial charge in [-0.2, -0.15) is 12.8 Å². The van der Waals surface area contributed by atoms with E-state index in [1.165, 1.54) is 0 Å². The third-order valence-corrected chi connectivity index (χ3v) is 2.97. The van der Waals surface area contributed by atoms with Crippen molar-refractivity contribution in [3.8, 4) is 0 Å². The Morgan fingerprint density at radius 1 is 1.29 bits per heavy atom. The molecule has 0 amide bonds. The van der Waals surface area contributed by atoms with E-state index in [-0.39, 0.29) is 33.0 Å². The zero-order valence-corrected chi connectivity index (χ0v) is 12.8. The molecule has 2 rings (SSSR count). The van der Waals surface area contributed by atoms with E-state index in [1.54, 1.807) is 0 Å². The van der Waals surface area contributed by atoms with Crippen molar-refractivity contribution in [3.63, 3.8) is 0 Å². The fourth-order valence-electron chi connectivity index (χ4n) is 1.93. The number of hydrogen-bond acceptors (Lipinski definition) is 2. The van der Waals surface area contributed by atoms with E-state index in [0.29, 0.717) is 0 Å².